The monoisotopic (exact) mass is 241 g/mol. The van der Waals surface area contributed by atoms with Crippen molar-refractivity contribution in [3.63, 3.8) is 0 Å². The number of allylic oxidation sites excluding steroid dienone is 1. The first-order chi connectivity index (χ1) is 8.75. The summed E-state index contributed by atoms with van der Waals surface area (Å²) in [5, 5.41) is 0. The molecule has 0 bridgehead atoms. The third-order valence-corrected chi connectivity index (χ3v) is 2.19. The Hall–Kier alpha value is -2.69. The van der Waals surface area contributed by atoms with Gasteiger partial charge in [0.2, 0.25) is 0 Å². The van der Waals surface area contributed by atoms with E-state index in [0.29, 0.717) is 0 Å². The van der Waals surface area contributed by atoms with E-state index in [1.54, 1.807) is 6.08 Å². The van der Waals surface area contributed by atoms with E-state index >= 15 is 0 Å². The van der Waals surface area contributed by atoms with Gasteiger partial charge >= 0.3 is 5.69 Å². The Bertz CT molecular complexity index is 681. The quantitative estimate of drug-likeness (QED) is 0.798. The number of nitrogens with zero attached hydrogens (tertiary/aromatic N) is 1. The highest BCUT2D eigenvalue weighted by molar-refractivity contribution is 5.80. The third kappa shape index (κ3) is 3.15. The van der Waals surface area contributed by atoms with Gasteiger partial charge in [-0.3, -0.25) is 9.78 Å². The second kappa shape index (κ2) is 5.58. The Morgan fingerprint density at radius 2 is 1.89 bits per heavy atom. The molecule has 0 aliphatic heterocycles. The van der Waals surface area contributed by atoms with Crippen LogP contribution in [0.25, 0.3) is 6.08 Å². The Morgan fingerprint density at radius 1 is 1.11 bits per heavy atom. The van der Waals surface area contributed by atoms with Gasteiger partial charge in [-0.05, 0) is 11.6 Å². The molecular weight excluding hydrogens is 230 g/mol. The van der Waals surface area contributed by atoms with E-state index in [4.69, 9.17) is 0 Å². The maximum atomic E-state index is 11.3. The minimum absolute atomic E-state index is 0.160. The molecule has 0 saturated heterocycles. The molecule has 0 saturated carbocycles. The molecule has 0 amide bonds. The molecule has 0 spiro atoms. The number of nitrogens with one attached hydrogen (secondary N) is 2. The summed E-state index contributed by atoms with van der Waals surface area (Å²) in [5.41, 5.74) is 0.147. The van der Waals surface area contributed by atoms with Gasteiger partial charge < -0.3 is 4.98 Å². The number of hydrogen-bond donors (Lipinski definition) is 2. The van der Waals surface area contributed by atoms with Crippen LogP contribution in [0.3, 0.4) is 0 Å². The van der Waals surface area contributed by atoms with Crippen LogP contribution in [0.1, 0.15) is 5.56 Å². The normalized spacial score (nSPS) is 11.3. The SMILES string of the molecule is O=c1[nH]cc(N=C/C=C/c2ccccc2)c(=O)[nH]1. The minimum atomic E-state index is -0.543. The van der Waals surface area contributed by atoms with E-state index in [9.17, 15) is 9.59 Å². The molecule has 1 heterocycles. The lowest BCUT2D eigenvalue weighted by molar-refractivity contribution is 1.03. The van der Waals surface area contributed by atoms with Gasteiger partial charge in [0, 0.05) is 12.4 Å². The molecule has 2 aromatic rings. The van der Waals surface area contributed by atoms with E-state index in [0.717, 1.165) is 5.56 Å². The van der Waals surface area contributed by atoms with Crippen LogP contribution in [0.15, 0.2) is 57.2 Å². The van der Waals surface area contributed by atoms with Gasteiger partial charge in [-0.25, -0.2) is 9.79 Å². The Labute approximate surface area is 103 Å². The average molecular weight is 241 g/mol. The lowest BCUT2D eigenvalue weighted by Gasteiger charge is -1.90. The fourth-order valence-electron chi connectivity index (χ4n) is 1.34. The van der Waals surface area contributed by atoms with E-state index in [-0.39, 0.29) is 5.69 Å². The lowest BCUT2D eigenvalue weighted by atomic mass is 10.2. The van der Waals surface area contributed by atoms with Crippen molar-refractivity contribution in [2.75, 3.05) is 0 Å². The van der Waals surface area contributed by atoms with Crippen molar-refractivity contribution in [1.82, 2.24) is 9.97 Å². The van der Waals surface area contributed by atoms with Crippen molar-refractivity contribution < 1.29 is 0 Å². The van der Waals surface area contributed by atoms with Crippen LogP contribution >= 0.6 is 0 Å². The van der Waals surface area contributed by atoms with Crippen molar-refractivity contribution >= 4 is 18.0 Å². The third-order valence-electron chi connectivity index (χ3n) is 2.19. The molecule has 0 aliphatic rings. The number of aromatic amines is 2. The molecular formula is C13H11N3O2. The zero-order valence-corrected chi connectivity index (χ0v) is 9.46. The maximum absolute atomic E-state index is 11.3. The molecule has 5 nitrogen and oxygen atoms in total. The lowest BCUT2D eigenvalue weighted by Crippen LogP contribution is -2.20. The molecule has 0 aliphatic carbocycles. The molecule has 0 atom stereocenters. The molecule has 1 aromatic heterocycles. The smallest absolute Gasteiger partial charge is 0.312 e. The Balaban J connectivity index is 2.10. The van der Waals surface area contributed by atoms with Crippen LogP contribution in [0, 0.1) is 0 Å². The van der Waals surface area contributed by atoms with Crippen LogP contribution < -0.4 is 11.2 Å². The van der Waals surface area contributed by atoms with E-state index in [1.807, 2.05) is 36.4 Å². The number of H-pyrrole nitrogens is 2. The van der Waals surface area contributed by atoms with Gasteiger partial charge in [0.15, 0.2) is 0 Å². The van der Waals surface area contributed by atoms with Crippen LogP contribution in [0.4, 0.5) is 5.69 Å². The fraction of sp³-hybridized carbons (Fsp3) is 0. The molecule has 1 aromatic carbocycles. The minimum Gasteiger partial charge on any atom is -0.312 e. The summed E-state index contributed by atoms with van der Waals surface area (Å²) >= 11 is 0. The molecule has 0 unspecified atom stereocenters. The molecule has 18 heavy (non-hydrogen) atoms. The van der Waals surface area contributed by atoms with Gasteiger partial charge in [0.05, 0.1) is 0 Å². The van der Waals surface area contributed by atoms with Crippen molar-refractivity contribution in [2.24, 2.45) is 4.99 Å². The first-order valence-corrected chi connectivity index (χ1v) is 5.33. The summed E-state index contributed by atoms with van der Waals surface area (Å²) in [6, 6.07) is 9.71. The Kier molecular flexibility index (Phi) is 3.66. The summed E-state index contributed by atoms with van der Waals surface area (Å²) in [7, 11) is 0. The van der Waals surface area contributed by atoms with Crippen LogP contribution in [0.5, 0.6) is 0 Å². The number of rotatable bonds is 3. The molecule has 0 fully saturated rings. The molecule has 2 rings (SSSR count). The van der Waals surface area contributed by atoms with Crippen LogP contribution in [-0.2, 0) is 0 Å². The summed E-state index contributed by atoms with van der Waals surface area (Å²) in [4.78, 5) is 30.5. The van der Waals surface area contributed by atoms with E-state index in [1.165, 1.54) is 12.4 Å². The summed E-state index contributed by atoms with van der Waals surface area (Å²) in [6.07, 6.45) is 6.35. The highest BCUT2D eigenvalue weighted by atomic mass is 16.2. The second-order valence-corrected chi connectivity index (χ2v) is 3.51. The predicted octanol–water partition coefficient (Wildman–Crippen LogP) is 1.48. The molecule has 2 N–H and O–H groups in total. The van der Waals surface area contributed by atoms with Gasteiger partial charge in [-0.15, -0.1) is 0 Å². The standard InChI is InChI=1S/C13H11N3O2/c17-12-11(9-15-13(18)16-12)14-8-4-7-10-5-2-1-3-6-10/h1-9H,(H2,15,16,17,18)/b7-4+,14-8?. The predicted molar refractivity (Wildman–Crippen MR) is 71.3 cm³/mol. The van der Waals surface area contributed by atoms with Gasteiger partial charge in [-0.1, -0.05) is 36.4 Å². The van der Waals surface area contributed by atoms with E-state index < -0.39 is 11.2 Å². The molecule has 0 radical (unpaired) electrons. The summed E-state index contributed by atoms with van der Waals surface area (Å²) < 4.78 is 0. The van der Waals surface area contributed by atoms with Crippen molar-refractivity contribution in [2.45, 2.75) is 0 Å². The first-order valence-electron chi connectivity index (χ1n) is 5.33. The largest absolute Gasteiger partial charge is 0.325 e. The molecule has 5 heteroatoms. The Morgan fingerprint density at radius 3 is 2.61 bits per heavy atom. The first kappa shape index (κ1) is 11.8. The highest BCUT2D eigenvalue weighted by Gasteiger charge is 1.94. The van der Waals surface area contributed by atoms with E-state index in [2.05, 4.69) is 15.0 Å². The number of benzene rings is 1. The summed E-state index contributed by atoms with van der Waals surface area (Å²) in [6.45, 7) is 0. The average Bonchev–Trinajstić information content (AvgIpc) is 2.38. The van der Waals surface area contributed by atoms with Gasteiger partial charge in [0.25, 0.3) is 5.56 Å². The highest BCUT2D eigenvalue weighted by Crippen LogP contribution is 2.01. The van der Waals surface area contributed by atoms with Crippen molar-refractivity contribution in [3.05, 3.63) is 69.0 Å². The fourth-order valence-corrected chi connectivity index (χ4v) is 1.34. The van der Waals surface area contributed by atoms with Crippen molar-refractivity contribution in [1.29, 1.82) is 0 Å². The van der Waals surface area contributed by atoms with Crippen molar-refractivity contribution in [3.8, 4) is 0 Å². The van der Waals surface area contributed by atoms with Gasteiger partial charge in [0.1, 0.15) is 5.69 Å². The number of hydrogen-bond acceptors (Lipinski definition) is 3. The zero-order chi connectivity index (χ0) is 12.8. The number of aliphatic imine (C=N–C) groups is 1. The number of aromatic nitrogens is 2. The summed E-state index contributed by atoms with van der Waals surface area (Å²) in [5.74, 6) is 0. The molecule has 90 valence electrons. The maximum Gasteiger partial charge on any atom is 0.325 e. The second-order valence-electron chi connectivity index (χ2n) is 3.51. The van der Waals surface area contributed by atoms with Gasteiger partial charge in [-0.2, -0.15) is 0 Å². The zero-order valence-electron chi connectivity index (χ0n) is 9.46. The van der Waals surface area contributed by atoms with Crippen LogP contribution in [-0.4, -0.2) is 16.2 Å². The topological polar surface area (TPSA) is 78.1 Å². The van der Waals surface area contributed by atoms with Crippen LogP contribution in [0.2, 0.25) is 0 Å².